The Morgan fingerprint density at radius 1 is 1.33 bits per heavy atom. The normalized spacial score (nSPS) is 12.2. The van der Waals surface area contributed by atoms with Crippen LogP contribution in [0, 0.1) is 0 Å². The fourth-order valence-corrected chi connectivity index (χ4v) is 1.89. The van der Waals surface area contributed by atoms with E-state index >= 15 is 0 Å². The summed E-state index contributed by atoms with van der Waals surface area (Å²) in [6.45, 7) is 5.23. The van der Waals surface area contributed by atoms with Crippen LogP contribution in [0.2, 0.25) is 10.0 Å². The molecule has 0 saturated heterocycles. The highest BCUT2D eigenvalue weighted by Gasteiger charge is 2.07. The number of hydrogen-bond donors (Lipinski definition) is 2. The van der Waals surface area contributed by atoms with Crippen LogP contribution in [0.15, 0.2) is 18.2 Å². The molecular weight excluding hydrogens is 271 g/mol. The molecule has 0 saturated carbocycles. The molecule has 0 aliphatic carbocycles. The maximum atomic E-state index is 11.3. The molecule has 0 aromatic heterocycles. The maximum Gasteiger partial charge on any atom is 0.221 e. The van der Waals surface area contributed by atoms with Crippen molar-refractivity contribution in [3.05, 3.63) is 33.8 Å². The van der Waals surface area contributed by atoms with Crippen LogP contribution in [0.1, 0.15) is 31.9 Å². The van der Waals surface area contributed by atoms with Gasteiger partial charge in [-0.05, 0) is 31.5 Å². The first-order chi connectivity index (χ1) is 8.54. The quantitative estimate of drug-likeness (QED) is 0.844. The van der Waals surface area contributed by atoms with Crippen LogP contribution in [-0.2, 0) is 4.79 Å². The zero-order chi connectivity index (χ0) is 13.5. The number of hydrogen-bond acceptors (Lipinski definition) is 2. The lowest BCUT2D eigenvalue weighted by molar-refractivity contribution is -0.120. The number of carbonyl (C=O) groups is 1. The molecule has 1 rings (SSSR count). The summed E-state index contributed by atoms with van der Waals surface area (Å²) in [5.74, 6) is 0.0614. The van der Waals surface area contributed by atoms with Crippen molar-refractivity contribution in [3.63, 3.8) is 0 Å². The summed E-state index contributed by atoms with van der Waals surface area (Å²) in [6.07, 6.45) is 0.472. The molecule has 5 heteroatoms. The van der Waals surface area contributed by atoms with Crippen LogP contribution in [0.25, 0.3) is 0 Å². The van der Waals surface area contributed by atoms with Crippen molar-refractivity contribution in [3.8, 4) is 0 Å². The smallest absolute Gasteiger partial charge is 0.221 e. The van der Waals surface area contributed by atoms with Crippen LogP contribution in [0.3, 0.4) is 0 Å². The molecule has 1 aromatic rings. The third kappa shape index (κ3) is 4.84. The molecule has 18 heavy (non-hydrogen) atoms. The van der Waals surface area contributed by atoms with E-state index in [2.05, 4.69) is 10.6 Å². The van der Waals surface area contributed by atoms with Crippen molar-refractivity contribution < 1.29 is 4.79 Å². The van der Waals surface area contributed by atoms with Gasteiger partial charge in [-0.2, -0.15) is 0 Å². The van der Waals surface area contributed by atoms with Gasteiger partial charge in [0.15, 0.2) is 0 Å². The van der Waals surface area contributed by atoms with Gasteiger partial charge in [0.1, 0.15) is 0 Å². The predicted molar refractivity (Wildman–Crippen MR) is 76.2 cm³/mol. The topological polar surface area (TPSA) is 41.1 Å². The molecule has 0 bridgehead atoms. The number of amides is 1. The number of benzene rings is 1. The van der Waals surface area contributed by atoms with Gasteiger partial charge in [0.25, 0.3) is 0 Å². The molecule has 1 aromatic carbocycles. The monoisotopic (exact) mass is 288 g/mol. The second-order valence-corrected chi connectivity index (χ2v) is 4.87. The van der Waals surface area contributed by atoms with Gasteiger partial charge in [-0.25, -0.2) is 0 Å². The lowest BCUT2D eigenvalue weighted by Crippen LogP contribution is -2.28. The molecule has 2 N–H and O–H groups in total. The summed E-state index contributed by atoms with van der Waals surface area (Å²) in [5, 5.41) is 7.13. The van der Waals surface area contributed by atoms with Crippen molar-refractivity contribution >= 4 is 29.1 Å². The van der Waals surface area contributed by atoms with E-state index < -0.39 is 0 Å². The van der Waals surface area contributed by atoms with E-state index in [0.717, 1.165) is 5.56 Å². The average Bonchev–Trinajstić information content (AvgIpc) is 2.33. The standard InChI is InChI=1S/C13H18Cl2N2O/c1-3-16-13(18)6-7-17-9(2)10-4-5-11(14)12(15)8-10/h4-5,8-9,17H,3,6-7H2,1-2H3,(H,16,18). The third-order valence-corrected chi connectivity index (χ3v) is 3.36. The molecule has 0 aliphatic rings. The number of halogens is 2. The van der Waals surface area contributed by atoms with Crippen molar-refractivity contribution in [2.24, 2.45) is 0 Å². The van der Waals surface area contributed by atoms with E-state index in [9.17, 15) is 4.79 Å². The first-order valence-electron chi connectivity index (χ1n) is 5.99. The van der Waals surface area contributed by atoms with E-state index in [4.69, 9.17) is 23.2 Å². The zero-order valence-electron chi connectivity index (χ0n) is 10.6. The van der Waals surface area contributed by atoms with Gasteiger partial charge < -0.3 is 10.6 Å². The molecule has 0 fully saturated rings. The molecule has 1 unspecified atom stereocenters. The Hall–Kier alpha value is -0.770. The lowest BCUT2D eigenvalue weighted by Gasteiger charge is -2.14. The summed E-state index contributed by atoms with van der Waals surface area (Å²) < 4.78 is 0. The van der Waals surface area contributed by atoms with Gasteiger partial charge in [0.2, 0.25) is 5.91 Å². The van der Waals surface area contributed by atoms with Crippen LogP contribution in [0.4, 0.5) is 0 Å². The molecule has 0 aliphatic heterocycles. The van der Waals surface area contributed by atoms with Crippen LogP contribution in [-0.4, -0.2) is 19.0 Å². The number of rotatable bonds is 6. The molecular formula is C13H18Cl2N2O. The summed E-state index contributed by atoms with van der Waals surface area (Å²) in [7, 11) is 0. The molecule has 3 nitrogen and oxygen atoms in total. The van der Waals surface area contributed by atoms with E-state index in [1.807, 2.05) is 26.0 Å². The second-order valence-electron chi connectivity index (χ2n) is 4.05. The van der Waals surface area contributed by atoms with Crippen molar-refractivity contribution in [2.75, 3.05) is 13.1 Å². The molecule has 1 atom stereocenters. The van der Waals surface area contributed by atoms with Crippen LogP contribution >= 0.6 is 23.2 Å². The van der Waals surface area contributed by atoms with Gasteiger partial charge in [-0.15, -0.1) is 0 Å². The minimum Gasteiger partial charge on any atom is -0.356 e. The fraction of sp³-hybridized carbons (Fsp3) is 0.462. The number of carbonyl (C=O) groups excluding carboxylic acids is 1. The summed E-state index contributed by atoms with van der Waals surface area (Å²) in [6, 6.07) is 5.68. The molecule has 0 radical (unpaired) electrons. The van der Waals surface area contributed by atoms with Crippen molar-refractivity contribution in [1.29, 1.82) is 0 Å². The minimum atomic E-state index is 0.0614. The maximum absolute atomic E-state index is 11.3. The molecule has 1 amide bonds. The lowest BCUT2D eigenvalue weighted by atomic mass is 10.1. The highest BCUT2D eigenvalue weighted by molar-refractivity contribution is 6.42. The van der Waals surface area contributed by atoms with E-state index in [0.29, 0.717) is 29.6 Å². The molecule has 0 heterocycles. The first kappa shape index (κ1) is 15.3. The zero-order valence-corrected chi connectivity index (χ0v) is 12.1. The highest BCUT2D eigenvalue weighted by Crippen LogP contribution is 2.25. The average molecular weight is 289 g/mol. The van der Waals surface area contributed by atoms with E-state index in [-0.39, 0.29) is 11.9 Å². The summed E-state index contributed by atoms with van der Waals surface area (Å²) in [5.41, 5.74) is 1.06. The second kappa shape index (κ2) is 7.62. The molecule has 0 spiro atoms. The largest absolute Gasteiger partial charge is 0.356 e. The van der Waals surface area contributed by atoms with Gasteiger partial charge >= 0.3 is 0 Å². The highest BCUT2D eigenvalue weighted by atomic mass is 35.5. The Morgan fingerprint density at radius 2 is 2.06 bits per heavy atom. The van der Waals surface area contributed by atoms with Crippen molar-refractivity contribution in [1.82, 2.24) is 10.6 Å². The van der Waals surface area contributed by atoms with Gasteiger partial charge in [-0.3, -0.25) is 4.79 Å². The van der Waals surface area contributed by atoms with Gasteiger partial charge in [0.05, 0.1) is 10.0 Å². The van der Waals surface area contributed by atoms with Crippen LogP contribution in [0.5, 0.6) is 0 Å². The van der Waals surface area contributed by atoms with Crippen molar-refractivity contribution in [2.45, 2.75) is 26.3 Å². The van der Waals surface area contributed by atoms with Crippen LogP contribution < -0.4 is 10.6 Å². The predicted octanol–water partition coefficient (Wildman–Crippen LogP) is 3.17. The van der Waals surface area contributed by atoms with Gasteiger partial charge in [0, 0.05) is 25.6 Å². The fourth-order valence-electron chi connectivity index (χ4n) is 1.59. The minimum absolute atomic E-state index is 0.0614. The summed E-state index contributed by atoms with van der Waals surface area (Å²) >= 11 is 11.8. The SMILES string of the molecule is CCNC(=O)CCNC(C)c1ccc(Cl)c(Cl)c1. The van der Waals surface area contributed by atoms with Gasteiger partial charge in [-0.1, -0.05) is 29.3 Å². The van der Waals surface area contributed by atoms with E-state index in [1.54, 1.807) is 6.07 Å². The summed E-state index contributed by atoms with van der Waals surface area (Å²) in [4.78, 5) is 11.3. The Morgan fingerprint density at radius 3 is 2.67 bits per heavy atom. The molecule has 100 valence electrons. The third-order valence-electron chi connectivity index (χ3n) is 2.62. The number of nitrogens with one attached hydrogen (secondary N) is 2. The Bertz CT molecular complexity index is 410. The Kier molecular flexibility index (Phi) is 6.47. The Labute approximate surface area is 118 Å². The Balaban J connectivity index is 2.43. The first-order valence-corrected chi connectivity index (χ1v) is 6.75. The van der Waals surface area contributed by atoms with E-state index in [1.165, 1.54) is 0 Å².